The molecular weight excluding hydrogens is 244 g/mol. The van der Waals surface area contributed by atoms with Gasteiger partial charge in [0, 0.05) is 30.6 Å². The van der Waals surface area contributed by atoms with Crippen molar-refractivity contribution in [3.05, 3.63) is 0 Å². The van der Waals surface area contributed by atoms with Crippen LogP contribution in [0.3, 0.4) is 0 Å². The van der Waals surface area contributed by atoms with Crippen LogP contribution in [0.4, 0.5) is 0 Å². The molecule has 0 spiro atoms. The number of nitrogens with zero attached hydrogens (tertiary/aromatic N) is 1. The maximum atomic E-state index is 12.7. The number of thioether (sulfide) groups is 1. The first-order valence-corrected chi connectivity index (χ1v) is 8.45. The zero-order valence-corrected chi connectivity index (χ0v) is 12.5. The predicted molar refractivity (Wildman–Crippen MR) is 77.9 cm³/mol. The zero-order valence-electron chi connectivity index (χ0n) is 11.7. The smallest absolute Gasteiger partial charge is 0.240 e. The highest BCUT2D eigenvalue weighted by Crippen LogP contribution is 2.25. The van der Waals surface area contributed by atoms with Gasteiger partial charge in [0.2, 0.25) is 5.91 Å². The highest BCUT2D eigenvalue weighted by molar-refractivity contribution is 7.99. The first kappa shape index (κ1) is 14.2. The van der Waals surface area contributed by atoms with Crippen LogP contribution in [0, 0.1) is 5.92 Å². The van der Waals surface area contributed by atoms with Gasteiger partial charge < -0.3 is 10.2 Å². The lowest BCUT2D eigenvalue weighted by Crippen LogP contribution is -2.53. The number of hydrogen-bond donors (Lipinski definition) is 1. The van der Waals surface area contributed by atoms with Crippen LogP contribution in [0.2, 0.25) is 0 Å². The molecule has 104 valence electrons. The highest BCUT2D eigenvalue weighted by Gasteiger charge is 2.32. The average molecular weight is 270 g/mol. The number of hydrogen-bond acceptors (Lipinski definition) is 3. The molecule has 1 atom stereocenters. The van der Waals surface area contributed by atoms with Gasteiger partial charge in [-0.15, -0.1) is 0 Å². The van der Waals surface area contributed by atoms with Crippen LogP contribution in [0.25, 0.3) is 0 Å². The van der Waals surface area contributed by atoms with Crippen LogP contribution in [-0.2, 0) is 4.79 Å². The number of nitrogens with one attached hydrogen (secondary N) is 1. The van der Waals surface area contributed by atoms with Gasteiger partial charge in [-0.3, -0.25) is 4.79 Å². The quantitative estimate of drug-likeness (QED) is 0.849. The van der Waals surface area contributed by atoms with Gasteiger partial charge in [0.1, 0.15) is 0 Å². The van der Waals surface area contributed by atoms with Crippen LogP contribution in [0.1, 0.15) is 39.5 Å². The molecule has 1 saturated heterocycles. The SMILES string of the molecule is CC(C)CN(C(=O)C1CSCCN1)C1CCCC1. The minimum Gasteiger partial charge on any atom is -0.338 e. The Labute approximate surface area is 115 Å². The molecule has 2 aliphatic rings. The largest absolute Gasteiger partial charge is 0.338 e. The molecule has 0 aromatic rings. The second kappa shape index (κ2) is 6.80. The highest BCUT2D eigenvalue weighted by atomic mass is 32.2. The third-order valence-electron chi connectivity index (χ3n) is 3.83. The fourth-order valence-corrected chi connectivity index (χ4v) is 3.88. The molecule has 4 heteroatoms. The second-order valence-electron chi connectivity index (χ2n) is 5.90. The molecule has 1 N–H and O–H groups in total. The minimum atomic E-state index is 0.0584. The van der Waals surface area contributed by atoms with Crippen LogP contribution in [0.15, 0.2) is 0 Å². The molecule has 0 aromatic heterocycles. The number of amides is 1. The number of rotatable bonds is 4. The van der Waals surface area contributed by atoms with Gasteiger partial charge in [-0.05, 0) is 18.8 Å². The Bertz CT molecular complexity index is 271. The van der Waals surface area contributed by atoms with Crippen LogP contribution in [0.5, 0.6) is 0 Å². The van der Waals surface area contributed by atoms with E-state index in [2.05, 4.69) is 24.1 Å². The van der Waals surface area contributed by atoms with Gasteiger partial charge >= 0.3 is 0 Å². The minimum absolute atomic E-state index is 0.0584. The van der Waals surface area contributed by atoms with Gasteiger partial charge in [-0.2, -0.15) is 11.8 Å². The molecule has 2 fully saturated rings. The van der Waals surface area contributed by atoms with E-state index in [0.29, 0.717) is 17.9 Å². The van der Waals surface area contributed by atoms with E-state index < -0.39 is 0 Å². The lowest BCUT2D eigenvalue weighted by atomic mass is 10.1. The first-order valence-electron chi connectivity index (χ1n) is 7.30. The van der Waals surface area contributed by atoms with Gasteiger partial charge in [0.15, 0.2) is 0 Å². The van der Waals surface area contributed by atoms with Crippen LogP contribution >= 0.6 is 11.8 Å². The van der Waals surface area contributed by atoms with Crippen molar-refractivity contribution in [2.45, 2.75) is 51.6 Å². The van der Waals surface area contributed by atoms with E-state index in [1.54, 1.807) is 0 Å². The fourth-order valence-electron chi connectivity index (χ4n) is 2.95. The van der Waals surface area contributed by atoms with E-state index in [4.69, 9.17) is 0 Å². The summed E-state index contributed by atoms with van der Waals surface area (Å²) in [7, 11) is 0. The van der Waals surface area contributed by atoms with Crippen molar-refractivity contribution in [3.8, 4) is 0 Å². The van der Waals surface area contributed by atoms with E-state index in [1.165, 1.54) is 25.7 Å². The van der Waals surface area contributed by atoms with Crippen molar-refractivity contribution >= 4 is 17.7 Å². The fraction of sp³-hybridized carbons (Fsp3) is 0.929. The van der Waals surface area contributed by atoms with Crippen molar-refractivity contribution in [3.63, 3.8) is 0 Å². The third kappa shape index (κ3) is 3.64. The van der Waals surface area contributed by atoms with Gasteiger partial charge in [0.05, 0.1) is 6.04 Å². The molecule has 1 amide bonds. The molecule has 3 nitrogen and oxygen atoms in total. The molecule has 2 rings (SSSR count). The normalized spacial score (nSPS) is 25.6. The Kier molecular flexibility index (Phi) is 5.37. The number of carbonyl (C=O) groups excluding carboxylic acids is 1. The van der Waals surface area contributed by atoms with Crippen molar-refractivity contribution in [1.82, 2.24) is 10.2 Å². The van der Waals surface area contributed by atoms with E-state index in [9.17, 15) is 4.79 Å². The van der Waals surface area contributed by atoms with E-state index in [1.807, 2.05) is 11.8 Å². The standard InChI is InChI=1S/C14H26N2OS/c1-11(2)9-16(12-5-3-4-6-12)14(17)13-10-18-8-7-15-13/h11-13,15H,3-10H2,1-2H3. The Morgan fingerprint density at radius 2 is 2.11 bits per heavy atom. The molecule has 0 bridgehead atoms. The van der Waals surface area contributed by atoms with Crippen molar-refractivity contribution in [1.29, 1.82) is 0 Å². The molecule has 0 aromatic carbocycles. The predicted octanol–water partition coefficient (Wildman–Crippen LogP) is 2.12. The summed E-state index contributed by atoms with van der Waals surface area (Å²) in [4.78, 5) is 14.9. The molecule has 1 unspecified atom stereocenters. The van der Waals surface area contributed by atoms with E-state index >= 15 is 0 Å². The van der Waals surface area contributed by atoms with Crippen molar-refractivity contribution in [2.24, 2.45) is 5.92 Å². The van der Waals surface area contributed by atoms with Gasteiger partial charge in [-0.25, -0.2) is 0 Å². The third-order valence-corrected chi connectivity index (χ3v) is 4.89. The Morgan fingerprint density at radius 3 is 2.67 bits per heavy atom. The Balaban J connectivity index is 1.99. The summed E-state index contributed by atoms with van der Waals surface area (Å²) < 4.78 is 0. The summed E-state index contributed by atoms with van der Waals surface area (Å²) in [5.74, 6) is 2.99. The summed E-state index contributed by atoms with van der Waals surface area (Å²) in [6, 6.07) is 0.566. The maximum absolute atomic E-state index is 12.7. The second-order valence-corrected chi connectivity index (χ2v) is 7.05. The summed E-state index contributed by atoms with van der Waals surface area (Å²) >= 11 is 1.90. The number of carbonyl (C=O) groups is 1. The summed E-state index contributed by atoms with van der Waals surface area (Å²) in [6.07, 6.45) is 5.00. The van der Waals surface area contributed by atoms with Crippen LogP contribution < -0.4 is 5.32 Å². The molecule has 1 heterocycles. The lowest BCUT2D eigenvalue weighted by molar-refractivity contribution is -0.135. The summed E-state index contributed by atoms with van der Waals surface area (Å²) in [5, 5.41) is 3.38. The molecule has 18 heavy (non-hydrogen) atoms. The monoisotopic (exact) mass is 270 g/mol. The van der Waals surface area contributed by atoms with Crippen molar-refractivity contribution < 1.29 is 4.79 Å². The Hall–Kier alpha value is -0.220. The van der Waals surface area contributed by atoms with E-state index in [-0.39, 0.29) is 6.04 Å². The van der Waals surface area contributed by atoms with Gasteiger partial charge in [-0.1, -0.05) is 26.7 Å². The average Bonchev–Trinajstić information content (AvgIpc) is 2.89. The Morgan fingerprint density at radius 1 is 1.39 bits per heavy atom. The van der Waals surface area contributed by atoms with Crippen molar-refractivity contribution in [2.75, 3.05) is 24.6 Å². The first-order chi connectivity index (χ1) is 8.68. The molecular formula is C14H26N2OS. The topological polar surface area (TPSA) is 32.3 Å². The molecule has 1 aliphatic heterocycles. The molecule has 0 radical (unpaired) electrons. The van der Waals surface area contributed by atoms with E-state index in [0.717, 1.165) is 24.6 Å². The van der Waals surface area contributed by atoms with Crippen LogP contribution in [-0.4, -0.2) is 47.5 Å². The maximum Gasteiger partial charge on any atom is 0.240 e. The lowest BCUT2D eigenvalue weighted by Gasteiger charge is -2.35. The molecule has 1 aliphatic carbocycles. The zero-order chi connectivity index (χ0) is 13.0. The summed E-state index contributed by atoms with van der Waals surface area (Å²) in [5.41, 5.74) is 0. The summed E-state index contributed by atoms with van der Waals surface area (Å²) in [6.45, 7) is 6.31. The van der Waals surface area contributed by atoms with Gasteiger partial charge in [0.25, 0.3) is 0 Å². The molecule has 1 saturated carbocycles.